The maximum atomic E-state index is 13.2. The molecule has 0 aliphatic carbocycles. The summed E-state index contributed by atoms with van der Waals surface area (Å²) in [6, 6.07) is 12.5. The van der Waals surface area contributed by atoms with E-state index in [4.69, 9.17) is 5.73 Å². The quantitative estimate of drug-likeness (QED) is 0.412. The Kier molecular flexibility index (Phi) is 8.20. The molecule has 1 aliphatic heterocycles. The van der Waals surface area contributed by atoms with Crippen molar-refractivity contribution in [2.24, 2.45) is 11.7 Å². The van der Waals surface area contributed by atoms with Gasteiger partial charge in [0.25, 0.3) is 11.8 Å². The van der Waals surface area contributed by atoms with Crippen molar-refractivity contribution in [1.29, 1.82) is 0 Å². The number of pyridine rings is 1. The molecule has 1 aliphatic rings. The number of ketones is 1. The van der Waals surface area contributed by atoms with Gasteiger partial charge in [-0.05, 0) is 49.7 Å². The molecule has 38 heavy (non-hydrogen) atoms. The lowest BCUT2D eigenvalue weighted by molar-refractivity contribution is -0.185. The molecule has 200 valence electrons. The highest BCUT2D eigenvalue weighted by Gasteiger charge is 2.41. The highest BCUT2D eigenvalue weighted by molar-refractivity contribution is 6.38. The summed E-state index contributed by atoms with van der Waals surface area (Å²) in [5, 5.41) is 7.06. The number of nitrogens with one attached hydrogen (secondary N) is 1. The lowest BCUT2D eigenvalue weighted by Crippen LogP contribution is -2.47. The standard InChI is InChI=1S/C26H27F3N6O3/c27-26(28,29)18-8-12-34(13-9-18)16-19-10-14-35(33-19)24-20(7-4-11-31-24)25(38)32-21(22(36)23(30)37)15-17-5-2-1-3-6-17/h1-7,10-11,14,18,21H,8-9,12-13,15-16H2,(H2,30,37)(H,32,38). The van der Waals surface area contributed by atoms with Crippen LogP contribution in [0.5, 0.6) is 0 Å². The molecular weight excluding hydrogens is 501 g/mol. The average molecular weight is 529 g/mol. The first kappa shape index (κ1) is 27.0. The molecule has 12 heteroatoms. The summed E-state index contributed by atoms with van der Waals surface area (Å²) in [6.07, 6.45) is -0.934. The molecule has 4 rings (SSSR count). The normalized spacial score (nSPS) is 15.7. The zero-order valence-corrected chi connectivity index (χ0v) is 20.4. The summed E-state index contributed by atoms with van der Waals surface area (Å²) in [5.41, 5.74) is 6.66. The number of rotatable bonds is 9. The van der Waals surface area contributed by atoms with E-state index in [1.165, 1.54) is 16.9 Å². The molecule has 1 unspecified atom stereocenters. The highest BCUT2D eigenvalue weighted by Crippen LogP contribution is 2.34. The number of hydrogen-bond acceptors (Lipinski definition) is 6. The van der Waals surface area contributed by atoms with Crippen molar-refractivity contribution in [3.8, 4) is 5.82 Å². The van der Waals surface area contributed by atoms with Gasteiger partial charge in [0.2, 0.25) is 5.78 Å². The molecule has 0 bridgehead atoms. The van der Waals surface area contributed by atoms with Gasteiger partial charge in [-0.2, -0.15) is 18.3 Å². The summed E-state index contributed by atoms with van der Waals surface area (Å²) < 4.78 is 40.2. The van der Waals surface area contributed by atoms with Crippen molar-refractivity contribution in [2.75, 3.05) is 13.1 Å². The summed E-state index contributed by atoms with van der Waals surface area (Å²) >= 11 is 0. The number of hydrogen-bond donors (Lipinski definition) is 2. The molecule has 1 atom stereocenters. The van der Waals surface area contributed by atoms with Gasteiger partial charge in [-0.15, -0.1) is 0 Å². The van der Waals surface area contributed by atoms with Crippen molar-refractivity contribution in [1.82, 2.24) is 25.0 Å². The van der Waals surface area contributed by atoms with Crippen LogP contribution in [-0.4, -0.2) is 62.6 Å². The monoisotopic (exact) mass is 528 g/mol. The van der Waals surface area contributed by atoms with Crippen LogP contribution in [-0.2, 0) is 22.6 Å². The minimum atomic E-state index is -4.17. The second-order valence-electron chi connectivity index (χ2n) is 9.16. The number of halogens is 3. The number of piperidine rings is 1. The minimum Gasteiger partial charge on any atom is -0.363 e. The van der Waals surface area contributed by atoms with Crippen LogP contribution in [0.2, 0.25) is 0 Å². The van der Waals surface area contributed by atoms with Crippen molar-refractivity contribution in [3.63, 3.8) is 0 Å². The van der Waals surface area contributed by atoms with Crippen LogP contribution >= 0.6 is 0 Å². The van der Waals surface area contributed by atoms with Crippen LogP contribution < -0.4 is 11.1 Å². The second-order valence-corrected chi connectivity index (χ2v) is 9.16. The van der Waals surface area contributed by atoms with Gasteiger partial charge in [0.1, 0.15) is 6.04 Å². The van der Waals surface area contributed by atoms with Gasteiger partial charge in [-0.3, -0.25) is 19.3 Å². The summed E-state index contributed by atoms with van der Waals surface area (Å²) in [5.74, 6) is -3.82. The first-order valence-electron chi connectivity index (χ1n) is 12.1. The number of amides is 2. The minimum absolute atomic E-state index is 0.0446. The van der Waals surface area contributed by atoms with Gasteiger partial charge in [0.05, 0.1) is 17.2 Å². The lowest BCUT2D eigenvalue weighted by atomic mass is 9.96. The number of carbonyl (C=O) groups excluding carboxylic acids is 3. The highest BCUT2D eigenvalue weighted by atomic mass is 19.4. The van der Waals surface area contributed by atoms with Crippen LogP contribution in [0.25, 0.3) is 5.82 Å². The number of aromatic nitrogens is 3. The van der Waals surface area contributed by atoms with E-state index in [-0.39, 0.29) is 30.6 Å². The molecule has 3 N–H and O–H groups in total. The molecule has 9 nitrogen and oxygen atoms in total. The van der Waals surface area contributed by atoms with Crippen molar-refractivity contribution >= 4 is 17.6 Å². The van der Waals surface area contributed by atoms with Crippen LogP contribution in [0.1, 0.15) is 34.5 Å². The molecule has 1 fully saturated rings. The van der Waals surface area contributed by atoms with Gasteiger partial charge in [-0.25, -0.2) is 9.67 Å². The van der Waals surface area contributed by atoms with Crippen LogP contribution in [0, 0.1) is 5.92 Å². The Morgan fingerprint density at radius 2 is 1.76 bits per heavy atom. The fourth-order valence-corrected chi connectivity index (χ4v) is 4.44. The van der Waals surface area contributed by atoms with Gasteiger partial charge in [0, 0.05) is 25.4 Å². The van der Waals surface area contributed by atoms with Crippen molar-refractivity contribution < 1.29 is 27.6 Å². The van der Waals surface area contributed by atoms with Gasteiger partial charge in [-0.1, -0.05) is 30.3 Å². The van der Waals surface area contributed by atoms with Crippen LogP contribution in [0.3, 0.4) is 0 Å². The van der Waals surface area contributed by atoms with E-state index in [1.807, 2.05) is 4.90 Å². The van der Waals surface area contributed by atoms with E-state index in [0.717, 1.165) is 5.56 Å². The van der Waals surface area contributed by atoms with Crippen LogP contribution in [0.4, 0.5) is 13.2 Å². The number of nitrogens with two attached hydrogens (primary N) is 1. The number of benzene rings is 1. The van der Waals surface area contributed by atoms with Gasteiger partial charge < -0.3 is 11.1 Å². The molecule has 3 heterocycles. The summed E-state index contributed by atoms with van der Waals surface area (Å²) in [6.45, 7) is 0.980. The number of Topliss-reactive ketones (excluding diaryl/α,β-unsaturated/α-hetero) is 1. The smallest absolute Gasteiger partial charge is 0.363 e. The maximum Gasteiger partial charge on any atom is 0.391 e. The average Bonchev–Trinajstić information content (AvgIpc) is 3.36. The van der Waals surface area contributed by atoms with E-state index in [9.17, 15) is 27.6 Å². The summed E-state index contributed by atoms with van der Waals surface area (Å²) in [4.78, 5) is 43.4. The Bertz CT molecular complexity index is 1290. The Balaban J connectivity index is 1.47. The molecular formula is C26H27F3N6O3. The topological polar surface area (TPSA) is 123 Å². The number of likely N-dealkylation sites (tertiary alicyclic amines) is 1. The van der Waals surface area contributed by atoms with Crippen molar-refractivity contribution in [2.45, 2.75) is 38.0 Å². The second kappa shape index (κ2) is 11.5. The van der Waals surface area contributed by atoms with Gasteiger partial charge in [0.15, 0.2) is 5.82 Å². The van der Waals surface area contributed by atoms with E-state index >= 15 is 0 Å². The number of carbonyl (C=O) groups is 3. The SMILES string of the molecule is NC(=O)C(=O)C(Cc1ccccc1)NC(=O)c1cccnc1-n1ccc(CN2CCC(C(F)(F)F)CC2)n1. The zero-order valence-electron chi connectivity index (χ0n) is 20.4. The third-order valence-electron chi connectivity index (χ3n) is 6.48. The molecule has 3 aromatic rings. The van der Waals surface area contributed by atoms with E-state index < -0.39 is 35.7 Å². The van der Waals surface area contributed by atoms with E-state index in [2.05, 4.69) is 15.4 Å². The molecule has 1 aromatic carbocycles. The number of nitrogens with zero attached hydrogens (tertiary/aromatic N) is 4. The van der Waals surface area contributed by atoms with E-state index in [1.54, 1.807) is 48.7 Å². The van der Waals surface area contributed by atoms with Gasteiger partial charge >= 0.3 is 6.18 Å². The Labute approximate surface area is 216 Å². The number of primary amides is 1. The first-order valence-corrected chi connectivity index (χ1v) is 12.1. The fourth-order valence-electron chi connectivity index (χ4n) is 4.44. The molecule has 2 aromatic heterocycles. The maximum absolute atomic E-state index is 13.2. The molecule has 2 amide bonds. The fraction of sp³-hybridized carbons (Fsp3) is 0.346. The number of alkyl halides is 3. The zero-order chi connectivity index (χ0) is 27.3. The first-order chi connectivity index (χ1) is 18.1. The predicted molar refractivity (Wildman–Crippen MR) is 131 cm³/mol. The van der Waals surface area contributed by atoms with Crippen LogP contribution in [0.15, 0.2) is 60.9 Å². The largest absolute Gasteiger partial charge is 0.391 e. The summed E-state index contributed by atoms with van der Waals surface area (Å²) in [7, 11) is 0. The lowest BCUT2D eigenvalue weighted by Gasteiger charge is -2.32. The third kappa shape index (κ3) is 6.62. The molecule has 0 radical (unpaired) electrons. The molecule has 0 spiro atoms. The molecule has 1 saturated heterocycles. The Hall–Kier alpha value is -4.06. The third-order valence-corrected chi connectivity index (χ3v) is 6.48. The van der Waals surface area contributed by atoms with Crippen molar-refractivity contribution in [3.05, 3.63) is 77.7 Å². The Morgan fingerprint density at radius 1 is 1.05 bits per heavy atom. The Morgan fingerprint density at radius 3 is 2.42 bits per heavy atom. The molecule has 0 saturated carbocycles. The van der Waals surface area contributed by atoms with E-state index in [0.29, 0.717) is 25.3 Å². The predicted octanol–water partition coefficient (Wildman–Crippen LogP) is 2.44.